The Morgan fingerprint density at radius 2 is 1.52 bits per heavy atom. The number of piperidine rings is 2. The summed E-state index contributed by atoms with van der Waals surface area (Å²) in [6.07, 6.45) is 5.18. The molecule has 5 heterocycles. The van der Waals surface area contributed by atoms with Gasteiger partial charge in [-0.05, 0) is 61.4 Å². The lowest BCUT2D eigenvalue weighted by Crippen LogP contribution is -2.49. The van der Waals surface area contributed by atoms with Crippen molar-refractivity contribution in [3.05, 3.63) is 66.1 Å². The lowest BCUT2D eigenvalue weighted by atomic mass is 9.71. The normalized spacial score (nSPS) is 16.8. The molecule has 2 saturated heterocycles. The highest BCUT2D eigenvalue weighted by atomic mass is 16.3. The molecule has 11 nitrogen and oxygen atoms in total. The highest BCUT2D eigenvalue weighted by Crippen LogP contribution is 2.41. The minimum absolute atomic E-state index is 0.0375. The number of amides is 2. The highest BCUT2D eigenvalue weighted by Gasteiger charge is 2.40. The van der Waals surface area contributed by atoms with E-state index in [1.54, 1.807) is 18.3 Å². The molecule has 1 spiro atoms. The van der Waals surface area contributed by atoms with Crippen LogP contribution in [-0.2, 0) is 0 Å². The molecule has 1 aromatic carbocycles. The van der Waals surface area contributed by atoms with E-state index in [9.17, 15) is 9.59 Å². The van der Waals surface area contributed by atoms with Crippen LogP contribution in [-0.4, -0.2) is 91.0 Å². The zero-order chi connectivity index (χ0) is 27.5. The summed E-state index contributed by atoms with van der Waals surface area (Å²) in [5.41, 5.74) is 3.35. The number of carbonyl (C=O) groups excluding carboxylic acids is 2. The monoisotopic (exact) mass is 540 g/mol. The minimum Gasteiger partial charge on any atom is -0.395 e. The molecule has 6 rings (SSSR count). The maximum absolute atomic E-state index is 13.4. The van der Waals surface area contributed by atoms with Gasteiger partial charge in [0.15, 0.2) is 5.82 Å². The van der Waals surface area contributed by atoms with E-state index in [0.717, 1.165) is 36.7 Å². The van der Waals surface area contributed by atoms with Crippen LogP contribution in [0.2, 0.25) is 0 Å². The van der Waals surface area contributed by atoms with Gasteiger partial charge in [0.2, 0.25) is 5.95 Å². The van der Waals surface area contributed by atoms with Gasteiger partial charge in [0.1, 0.15) is 17.1 Å². The van der Waals surface area contributed by atoms with Gasteiger partial charge in [-0.15, -0.1) is 0 Å². The van der Waals surface area contributed by atoms with Crippen LogP contribution in [0.3, 0.4) is 0 Å². The number of fused-ring (bicyclic) bond motifs is 1. The number of H-pyrrole nitrogens is 1. The van der Waals surface area contributed by atoms with E-state index in [-0.39, 0.29) is 23.8 Å². The Morgan fingerprint density at radius 1 is 0.850 bits per heavy atom. The van der Waals surface area contributed by atoms with Crippen molar-refractivity contribution in [3.8, 4) is 11.5 Å². The molecular formula is C29H32N8O3. The number of aliphatic hydroxyl groups excluding tert-OH is 1. The Morgan fingerprint density at radius 3 is 2.20 bits per heavy atom. The van der Waals surface area contributed by atoms with Crippen molar-refractivity contribution >= 4 is 28.8 Å². The van der Waals surface area contributed by atoms with Crippen molar-refractivity contribution in [2.24, 2.45) is 5.41 Å². The smallest absolute Gasteiger partial charge is 0.272 e. The average molecular weight is 541 g/mol. The zero-order valence-corrected chi connectivity index (χ0v) is 22.2. The van der Waals surface area contributed by atoms with Crippen LogP contribution in [0.4, 0.5) is 5.95 Å². The third-order valence-corrected chi connectivity index (χ3v) is 8.09. The SMILES string of the molecule is O=C(c1cccc(-c2nc3ccccc3[nH]2)n1)N1CCC2(CC1)CCN(C(=O)c1ccnc(NCCO)n1)CC2. The van der Waals surface area contributed by atoms with Gasteiger partial charge in [-0.25, -0.2) is 19.9 Å². The molecule has 4 aromatic rings. The number of nitrogens with one attached hydrogen (secondary N) is 2. The van der Waals surface area contributed by atoms with Crippen LogP contribution >= 0.6 is 0 Å². The molecule has 0 aliphatic carbocycles. The Hall–Kier alpha value is -4.38. The Kier molecular flexibility index (Phi) is 7.12. The van der Waals surface area contributed by atoms with Crippen molar-refractivity contribution < 1.29 is 14.7 Å². The molecule has 11 heteroatoms. The predicted molar refractivity (Wildman–Crippen MR) is 150 cm³/mol. The molecule has 0 radical (unpaired) electrons. The quantitative estimate of drug-likeness (QED) is 0.339. The fraction of sp³-hybridized carbons (Fsp3) is 0.379. The van der Waals surface area contributed by atoms with Crippen LogP contribution < -0.4 is 5.32 Å². The maximum Gasteiger partial charge on any atom is 0.272 e. The van der Waals surface area contributed by atoms with Gasteiger partial charge < -0.3 is 25.2 Å². The fourth-order valence-electron chi connectivity index (χ4n) is 5.68. The van der Waals surface area contributed by atoms with Gasteiger partial charge in [-0.1, -0.05) is 18.2 Å². The van der Waals surface area contributed by atoms with E-state index >= 15 is 0 Å². The number of carbonyl (C=O) groups is 2. The second kappa shape index (κ2) is 11.0. The number of rotatable bonds is 6. The Labute approximate surface area is 231 Å². The number of para-hydroxylation sites is 2. The number of pyridine rings is 1. The van der Waals surface area contributed by atoms with Crippen LogP contribution in [0.15, 0.2) is 54.7 Å². The fourth-order valence-corrected chi connectivity index (χ4v) is 5.68. The summed E-state index contributed by atoms with van der Waals surface area (Å²) < 4.78 is 0. The van der Waals surface area contributed by atoms with E-state index in [2.05, 4.69) is 30.2 Å². The number of imidazole rings is 1. The number of hydrogen-bond donors (Lipinski definition) is 3. The number of benzene rings is 1. The van der Waals surface area contributed by atoms with Crippen molar-refractivity contribution in [3.63, 3.8) is 0 Å². The van der Waals surface area contributed by atoms with Gasteiger partial charge in [0.05, 0.1) is 17.6 Å². The Bertz CT molecular complexity index is 1490. The molecule has 40 heavy (non-hydrogen) atoms. The first kappa shape index (κ1) is 25.9. The molecule has 0 bridgehead atoms. The standard InChI is InChI=1S/C29H32N8O3/c38-19-14-31-28-30-13-8-24(35-28)27(40)37-17-11-29(12-18-37)9-15-36(16-10-29)26(39)23-7-3-6-22(32-23)25-33-20-4-1-2-5-21(20)34-25/h1-8,13,38H,9-12,14-19H2,(H,33,34)(H,30,31,35). The second-order valence-electron chi connectivity index (χ2n) is 10.5. The van der Waals surface area contributed by atoms with Gasteiger partial charge in [-0.2, -0.15) is 0 Å². The molecule has 0 atom stereocenters. The average Bonchev–Trinajstić information content (AvgIpc) is 3.45. The summed E-state index contributed by atoms with van der Waals surface area (Å²) in [5, 5.41) is 11.9. The maximum atomic E-state index is 13.4. The molecule has 2 fully saturated rings. The van der Waals surface area contributed by atoms with Gasteiger partial charge in [0, 0.05) is 38.9 Å². The number of anilines is 1. The summed E-state index contributed by atoms with van der Waals surface area (Å²) in [7, 11) is 0. The lowest BCUT2D eigenvalue weighted by Gasteiger charge is -2.46. The number of hydrogen-bond acceptors (Lipinski definition) is 8. The van der Waals surface area contributed by atoms with Gasteiger partial charge in [0.25, 0.3) is 11.8 Å². The van der Waals surface area contributed by atoms with Crippen molar-refractivity contribution in [2.45, 2.75) is 25.7 Å². The third-order valence-electron chi connectivity index (χ3n) is 8.09. The summed E-state index contributed by atoms with van der Waals surface area (Å²) in [5.74, 6) is 0.819. The largest absolute Gasteiger partial charge is 0.395 e. The van der Waals surface area contributed by atoms with Crippen LogP contribution in [0, 0.1) is 5.41 Å². The predicted octanol–water partition coefficient (Wildman–Crippen LogP) is 2.98. The minimum atomic E-state index is -0.104. The molecular weight excluding hydrogens is 508 g/mol. The third kappa shape index (κ3) is 5.24. The van der Waals surface area contributed by atoms with Crippen molar-refractivity contribution in [2.75, 3.05) is 44.6 Å². The van der Waals surface area contributed by atoms with Crippen LogP contribution in [0.25, 0.3) is 22.6 Å². The van der Waals surface area contributed by atoms with E-state index in [0.29, 0.717) is 61.6 Å². The summed E-state index contributed by atoms with van der Waals surface area (Å²) in [6, 6.07) is 14.9. The summed E-state index contributed by atoms with van der Waals surface area (Å²) in [6.45, 7) is 2.97. The second-order valence-corrected chi connectivity index (χ2v) is 10.5. The topological polar surface area (TPSA) is 140 Å². The number of aromatic nitrogens is 5. The number of likely N-dealkylation sites (tertiary alicyclic amines) is 2. The first-order chi connectivity index (χ1) is 19.5. The van der Waals surface area contributed by atoms with Gasteiger partial charge >= 0.3 is 0 Å². The molecule has 3 aromatic heterocycles. The van der Waals surface area contributed by atoms with Crippen LogP contribution in [0.1, 0.15) is 46.7 Å². The number of aliphatic hydroxyl groups is 1. The zero-order valence-electron chi connectivity index (χ0n) is 22.2. The highest BCUT2D eigenvalue weighted by molar-refractivity contribution is 5.93. The summed E-state index contributed by atoms with van der Waals surface area (Å²) >= 11 is 0. The molecule has 3 N–H and O–H groups in total. The molecule has 0 saturated carbocycles. The van der Waals surface area contributed by atoms with Gasteiger partial charge in [-0.3, -0.25) is 9.59 Å². The Balaban J connectivity index is 1.05. The molecule has 2 aliphatic rings. The number of nitrogens with zero attached hydrogens (tertiary/aromatic N) is 6. The molecule has 0 unspecified atom stereocenters. The first-order valence-corrected chi connectivity index (χ1v) is 13.7. The lowest BCUT2D eigenvalue weighted by molar-refractivity contribution is 0.0276. The molecule has 2 amide bonds. The van der Waals surface area contributed by atoms with E-state index in [1.165, 1.54) is 0 Å². The molecule has 206 valence electrons. The van der Waals surface area contributed by atoms with Crippen molar-refractivity contribution in [1.82, 2.24) is 34.7 Å². The number of aromatic amines is 1. The van der Waals surface area contributed by atoms with E-state index < -0.39 is 0 Å². The van der Waals surface area contributed by atoms with E-state index in [1.807, 2.05) is 46.2 Å². The summed E-state index contributed by atoms with van der Waals surface area (Å²) in [4.78, 5) is 51.1. The van der Waals surface area contributed by atoms with Crippen molar-refractivity contribution in [1.29, 1.82) is 0 Å². The van der Waals surface area contributed by atoms with Crippen LogP contribution in [0.5, 0.6) is 0 Å². The molecule has 2 aliphatic heterocycles. The van der Waals surface area contributed by atoms with E-state index in [4.69, 9.17) is 5.11 Å². The first-order valence-electron chi connectivity index (χ1n) is 13.7.